The molecule has 2 rings (SSSR count). The van der Waals surface area contributed by atoms with Crippen LogP contribution in [0.1, 0.15) is 40.0 Å². The van der Waals surface area contributed by atoms with Gasteiger partial charge in [-0.25, -0.2) is 0 Å². The van der Waals surface area contributed by atoms with Gasteiger partial charge in [0.2, 0.25) is 0 Å². The first-order chi connectivity index (χ1) is 9.59. The molecule has 6 heteroatoms. The van der Waals surface area contributed by atoms with Crippen molar-refractivity contribution in [2.45, 2.75) is 57.8 Å². The van der Waals surface area contributed by atoms with Crippen molar-refractivity contribution in [3.8, 4) is 0 Å². The molecule has 1 saturated heterocycles. The summed E-state index contributed by atoms with van der Waals surface area (Å²) in [6.45, 7) is 7.81. The molecule has 1 saturated carbocycles. The van der Waals surface area contributed by atoms with Crippen LogP contribution in [0.4, 0.5) is 13.2 Å². The van der Waals surface area contributed by atoms with Crippen LogP contribution < -0.4 is 5.32 Å². The highest BCUT2D eigenvalue weighted by Gasteiger charge is 2.44. The maximum Gasteiger partial charge on any atom is 0.401 e. The van der Waals surface area contributed by atoms with E-state index in [0.717, 1.165) is 19.3 Å². The second-order valence-corrected chi connectivity index (χ2v) is 7.66. The first-order valence-corrected chi connectivity index (χ1v) is 7.72. The number of hydrogen-bond acceptors (Lipinski definition) is 3. The van der Waals surface area contributed by atoms with Gasteiger partial charge in [-0.15, -0.1) is 0 Å². The molecule has 1 heterocycles. The third-order valence-electron chi connectivity index (χ3n) is 4.16. The first-order valence-electron chi connectivity index (χ1n) is 7.72. The van der Waals surface area contributed by atoms with Gasteiger partial charge in [-0.3, -0.25) is 4.90 Å². The normalized spacial score (nSPS) is 27.6. The number of nitrogens with zero attached hydrogens (tertiary/aromatic N) is 1. The van der Waals surface area contributed by atoms with Gasteiger partial charge in [0.25, 0.3) is 0 Å². The summed E-state index contributed by atoms with van der Waals surface area (Å²) in [4.78, 5) is 1.62. The van der Waals surface area contributed by atoms with E-state index in [1.165, 1.54) is 0 Å². The fourth-order valence-corrected chi connectivity index (χ4v) is 2.84. The van der Waals surface area contributed by atoms with Crippen LogP contribution in [-0.2, 0) is 4.74 Å². The molecule has 124 valence electrons. The first kappa shape index (κ1) is 17.0. The van der Waals surface area contributed by atoms with Gasteiger partial charge in [0.05, 0.1) is 13.2 Å². The van der Waals surface area contributed by atoms with E-state index in [-0.39, 0.29) is 17.0 Å². The molecule has 0 radical (unpaired) electrons. The number of alkyl halides is 3. The van der Waals surface area contributed by atoms with Gasteiger partial charge in [0.1, 0.15) is 0 Å². The van der Waals surface area contributed by atoms with Crippen LogP contribution in [0.5, 0.6) is 0 Å². The zero-order chi connectivity index (χ0) is 15.7. The molecule has 0 bridgehead atoms. The SMILES string of the molecule is CC(C)(C)NCC1(CN(CC(F)(F)F)C2CC2)CCOC1. The third kappa shape index (κ3) is 5.75. The second kappa shape index (κ2) is 6.05. The quantitative estimate of drug-likeness (QED) is 0.816. The van der Waals surface area contributed by atoms with Crippen LogP contribution in [0.3, 0.4) is 0 Å². The van der Waals surface area contributed by atoms with Crippen molar-refractivity contribution < 1.29 is 17.9 Å². The lowest BCUT2D eigenvalue weighted by molar-refractivity contribution is -0.150. The summed E-state index contributed by atoms with van der Waals surface area (Å²) in [6, 6.07) is 0.110. The van der Waals surface area contributed by atoms with Gasteiger partial charge < -0.3 is 10.1 Å². The topological polar surface area (TPSA) is 24.5 Å². The fourth-order valence-electron chi connectivity index (χ4n) is 2.84. The lowest BCUT2D eigenvalue weighted by Gasteiger charge is -2.37. The Balaban J connectivity index is 1.99. The van der Waals surface area contributed by atoms with Gasteiger partial charge in [-0.1, -0.05) is 0 Å². The summed E-state index contributed by atoms with van der Waals surface area (Å²) in [5.41, 5.74) is -0.231. The molecule has 0 aromatic rings. The predicted molar refractivity (Wildman–Crippen MR) is 76.3 cm³/mol. The van der Waals surface area contributed by atoms with Gasteiger partial charge in [0.15, 0.2) is 0 Å². The molecule has 0 spiro atoms. The molecule has 1 aliphatic heterocycles. The Morgan fingerprint density at radius 2 is 1.90 bits per heavy atom. The average Bonchev–Trinajstić information content (AvgIpc) is 3.06. The molecule has 0 aromatic heterocycles. The molecule has 1 N–H and O–H groups in total. The zero-order valence-electron chi connectivity index (χ0n) is 13.2. The number of ether oxygens (including phenoxy) is 1. The van der Waals surface area contributed by atoms with Crippen LogP contribution in [0.2, 0.25) is 0 Å². The molecule has 3 nitrogen and oxygen atoms in total. The highest BCUT2D eigenvalue weighted by molar-refractivity contribution is 4.95. The van der Waals surface area contributed by atoms with E-state index >= 15 is 0 Å². The Hall–Kier alpha value is -0.330. The molecule has 0 aromatic carbocycles. The second-order valence-electron chi connectivity index (χ2n) is 7.66. The largest absolute Gasteiger partial charge is 0.401 e. The van der Waals surface area contributed by atoms with Crippen LogP contribution in [0, 0.1) is 5.41 Å². The van der Waals surface area contributed by atoms with Gasteiger partial charge in [-0.05, 0) is 40.0 Å². The van der Waals surface area contributed by atoms with Crippen LogP contribution in [0.15, 0.2) is 0 Å². The van der Waals surface area contributed by atoms with E-state index < -0.39 is 12.7 Å². The lowest BCUT2D eigenvalue weighted by atomic mass is 9.85. The Labute approximate surface area is 125 Å². The summed E-state index contributed by atoms with van der Waals surface area (Å²) in [6.07, 6.45) is -1.52. The predicted octanol–water partition coefficient (Wildman–Crippen LogP) is 2.81. The summed E-state index contributed by atoms with van der Waals surface area (Å²) in [5, 5.41) is 3.44. The molecule has 0 amide bonds. The standard InChI is InChI=1S/C15H27F3N2O/c1-13(2,3)19-8-14(6-7-21-11-14)9-20(12-4-5-12)10-15(16,17)18/h12,19H,4-11H2,1-3H3. The number of rotatable bonds is 6. The number of halogens is 3. The number of nitrogens with one attached hydrogen (secondary N) is 1. The summed E-state index contributed by atoms with van der Waals surface area (Å²) in [5.74, 6) is 0. The molecule has 21 heavy (non-hydrogen) atoms. The summed E-state index contributed by atoms with van der Waals surface area (Å²) >= 11 is 0. The van der Waals surface area contributed by atoms with Gasteiger partial charge in [0, 0.05) is 36.7 Å². The molecule has 1 unspecified atom stereocenters. The van der Waals surface area contributed by atoms with E-state index in [1.54, 1.807) is 4.90 Å². The summed E-state index contributed by atoms with van der Waals surface area (Å²) in [7, 11) is 0. The maximum absolute atomic E-state index is 12.8. The molecule has 1 atom stereocenters. The molecular weight excluding hydrogens is 281 g/mol. The van der Waals surface area contributed by atoms with Crippen molar-refractivity contribution >= 4 is 0 Å². The van der Waals surface area contributed by atoms with Gasteiger partial charge >= 0.3 is 6.18 Å². The van der Waals surface area contributed by atoms with Crippen LogP contribution in [0.25, 0.3) is 0 Å². The monoisotopic (exact) mass is 308 g/mol. The van der Waals surface area contributed by atoms with Crippen molar-refractivity contribution in [1.29, 1.82) is 0 Å². The van der Waals surface area contributed by atoms with E-state index in [0.29, 0.717) is 26.3 Å². The minimum Gasteiger partial charge on any atom is -0.381 e. The highest BCUT2D eigenvalue weighted by atomic mass is 19.4. The molecular formula is C15H27F3N2O. The van der Waals surface area contributed by atoms with Crippen molar-refractivity contribution in [2.75, 3.05) is 32.8 Å². The van der Waals surface area contributed by atoms with Crippen molar-refractivity contribution in [3.05, 3.63) is 0 Å². The maximum atomic E-state index is 12.8. The van der Waals surface area contributed by atoms with E-state index in [2.05, 4.69) is 26.1 Å². The fraction of sp³-hybridized carbons (Fsp3) is 1.00. The van der Waals surface area contributed by atoms with Crippen molar-refractivity contribution in [2.24, 2.45) is 5.41 Å². The van der Waals surface area contributed by atoms with E-state index in [1.807, 2.05) is 0 Å². The lowest BCUT2D eigenvalue weighted by Crippen LogP contribution is -2.51. The van der Waals surface area contributed by atoms with Crippen molar-refractivity contribution in [1.82, 2.24) is 10.2 Å². The smallest absolute Gasteiger partial charge is 0.381 e. The van der Waals surface area contributed by atoms with E-state index in [9.17, 15) is 13.2 Å². The van der Waals surface area contributed by atoms with Crippen LogP contribution >= 0.6 is 0 Å². The Kier molecular flexibility index (Phi) is 4.90. The molecule has 2 fully saturated rings. The average molecular weight is 308 g/mol. The third-order valence-corrected chi connectivity index (χ3v) is 4.16. The number of hydrogen-bond donors (Lipinski definition) is 1. The Morgan fingerprint density at radius 3 is 2.33 bits per heavy atom. The zero-order valence-corrected chi connectivity index (χ0v) is 13.2. The Bertz CT molecular complexity index is 342. The highest BCUT2D eigenvalue weighted by Crippen LogP contribution is 2.36. The minimum absolute atomic E-state index is 0.0377. The van der Waals surface area contributed by atoms with Crippen LogP contribution in [-0.4, -0.2) is 55.5 Å². The Morgan fingerprint density at radius 1 is 1.24 bits per heavy atom. The van der Waals surface area contributed by atoms with E-state index in [4.69, 9.17) is 4.74 Å². The summed E-state index contributed by atoms with van der Waals surface area (Å²) < 4.78 is 43.8. The molecule has 2 aliphatic rings. The van der Waals surface area contributed by atoms with Crippen molar-refractivity contribution in [3.63, 3.8) is 0 Å². The molecule has 1 aliphatic carbocycles. The minimum atomic E-state index is -4.12. The van der Waals surface area contributed by atoms with Gasteiger partial charge in [-0.2, -0.15) is 13.2 Å².